The number of nitrogens with zero attached hydrogens (tertiary/aromatic N) is 1. The number of rotatable bonds is 7. The minimum Gasteiger partial charge on any atom is -0.456 e. The molecule has 0 fully saturated rings. The molecule has 4 heteroatoms. The maximum absolute atomic E-state index is 7.32. The molecule has 540 valence electrons. The molecule has 3 heterocycles. The normalized spacial score (nSPS) is 16.1. The number of anilines is 3. The van der Waals surface area contributed by atoms with Gasteiger partial charge in [0.25, 0.3) is 0 Å². The molecule has 0 unspecified atom stereocenters. The minimum atomic E-state index is -0.825. The van der Waals surface area contributed by atoms with Gasteiger partial charge in [-0.05, 0) is 241 Å². The molecule has 16 aromatic carbocycles. The van der Waals surface area contributed by atoms with E-state index in [-0.39, 0.29) is 10.8 Å². The van der Waals surface area contributed by atoms with E-state index in [9.17, 15) is 0 Å². The molecule has 0 amide bonds. The van der Waals surface area contributed by atoms with E-state index in [1.54, 1.807) is 0 Å². The van der Waals surface area contributed by atoms with Crippen LogP contribution in [-0.4, -0.2) is 0 Å². The average molecular weight is 1460 g/mol. The standard InChI is InChI=1S/C110H77NO3/c1-105(2)81-51-53-93-97(73-38-22-26-42-90(73)112-93)95(81)78-60-85-76(58-86(78)105)69-48-45-66(55-83(69)106(85,3)4)111(67-47-50-72-84(56-67)108(7,8)103-101(72)104-100(75-40-24-28-44-92(75)114-104)99-71-37-21-25-41-80(71)107(5,6)102(99)103)68-46-49-70-77-59-89-79(61-88(77)110(87(70)57-68,64-33-17-11-18-34-64)65-35-19-12-20-36-65)96-82(52-54-94-98(96)74-39-23-27-43-91(74)113-94)109(89,62-29-13-9-14-30-62)63-31-15-10-16-32-63/h9-61H,1-8H3. The van der Waals surface area contributed by atoms with E-state index < -0.39 is 21.7 Å². The first-order valence-electron chi connectivity index (χ1n) is 40.4. The summed E-state index contributed by atoms with van der Waals surface area (Å²) < 4.78 is 20.9. The minimum absolute atomic E-state index is 0.256. The average Bonchev–Trinajstić information content (AvgIpc) is 1.51. The van der Waals surface area contributed by atoms with E-state index in [1.165, 1.54) is 167 Å². The van der Waals surface area contributed by atoms with Gasteiger partial charge < -0.3 is 18.2 Å². The third kappa shape index (κ3) is 7.80. The Morgan fingerprint density at radius 1 is 0.211 bits per heavy atom. The molecule has 19 aromatic rings. The van der Waals surface area contributed by atoms with Gasteiger partial charge in [0.05, 0.1) is 10.8 Å². The summed E-state index contributed by atoms with van der Waals surface area (Å²) in [6, 6.07) is 122. The molecule has 0 atom stereocenters. The van der Waals surface area contributed by atoms with Crippen molar-refractivity contribution in [1.82, 2.24) is 0 Å². The van der Waals surface area contributed by atoms with E-state index in [4.69, 9.17) is 13.3 Å². The van der Waals surface area contributed by atoms with Crippen LogP contribution in [-0.2, 0) is 32.5 Å². The van der Waals surface area contributed by atoms with Gasteiger partial charge in [-0.25, -0.2) is 0 Å². The summed E-state index contributed by atoms with van der Waals surface area (Å²) in [7, 11) is 0. The maximum atomic E-state index is 7.32. The molecule has 0 N–H and O–H groups in total. The van der Waals surface area contributed by atoms with Crippen LogP contribution >= 0.6 is 0 Å². The molecule has 0 aliphatic heterocycles. The van der Waals surface area contributed by atoms with E-state index in [2.05, 4.69) is 382 Å². The molecule has 0 radical (unpaired) electrons. The largest absolute Gasteiger partial charge is 0.456 e. The van der Waals surface area contributed by atoms with Crippen molar-refractivity contribution < 1.29 is 13.3 Å². The smallest absolute Gasteiger partial charge is 0.144 e. The fourth-order valence-corrected chi connectivity index (χ4v) is 23.4. The third-order valence-corrected chi connectivity index (χ3v) is 28.3. The molecule has 6 aliphatic carbocycles. The Bertz CT molecular complexity index is 7440. The first-order chi connectivity index (χ1) is 55.6. The topological polar surface area (TPSA) is 42.7 Å². The molecule has 4 nitrogen and oxygen atoms in total. The van der Waals surface area contributed by atoms with Crippen LogP contribution in [0.2, 0.25) is 0 Å². The van der Waals surface area contributed by atoms with Gasteiger partial charge in [0.15, 0.2) is 0 Å². The van der Waals surface area contributed by atoms with Crippen LogP contribution in [0.5, 0.6) is 0 Å². The molecule has 0 saturated carbocycles. The highest BCUT2D eigenvalue weighted by atomic mass is 16.3. The Hall–Kier alpha value is -13.3. The second-order valence-electron chi connectivity index (χ2n) is 35.1. The van der Waals surface area contributed by atoms with Crippen molar-refractivity contribution >= 4 is 82.9 Å². The van der Waals surface area contributed by atoms with Crippen LogP contribution in [0.1, 0.15) is 144 Å². The van der Waals surface area contributed by atoms with Crippen LogP contribution < -0.4 is 4.90 Å². The maximum Gasteiger partial charge on any atom is 0.144 e. The highest BCUT2D eigenvalue weighted by Gasteiger charge is 2.54. The fourth-order valence-electron chi connectivity index (χ4n) is 23.4. The van der Waals surface area contributed by atoms with Gasteiger partial charge in [0, 0.05) is 76.6 Å². The Morgan fingerprint density at radius 3 is 1.14 bits per heavy atom. The van der Waals surface area contributed by atoms with Gasteiger partial charge in [-0.3, -0.25) is 0 Å². The van der Waals surface area contributed by atoms with Gasteiger partial charge in [0.2, 0.25) is 0 Å². The van der Waals surface area contributed by atoms with Crippen LogP contribution in [0, 0.1) is 0 Å². The number of benzene rings is 16. The van der Waals surface area contributed by atoms with Crippen LogP contribution in [0.15, 0.2) is 335 Å². The first kappa shape index (κ1) is 64.4. The summed E-state index contributed by atoms with van der Waals surface area (Å²) in [4.78, 5) is 2.61. The second kappa shape index (κ2) is 21.9. The lowest BCUT2D eigenvalue weighted by molar-refractivity contribution is 0.600. The van der Waals surface area contributed by atoms with Crippen molar-refractivity contribution in [2.24, 2.45) is 0 Å². The van der Waals surface area contributed by atoms with Gasteiger partial charge in [0.1, 0.15) is 33.5 Å². The monoisotopic (exact) mass is 1460 g/mol. The number of fused-ring (bicyclic) bond motifs is 32. The SMILES string of the molecule is CC1(C)c2cc(N(c3ccc4c(c3)C(C)(C)c3c5c(c6c(oc7ccccc76)c3-4)-c3ccccc3C5(C)C)c3ccc4c(c3)C(c3ccccc3)(c3ccccc3)c3cc5c(cc3-4)C(c3ccccc3)(c3ccccc3)c3ccc4oc6ccccc6c4c3-5)ccc2-c2cc3c(cc21)-c1c(ccc2oc4ccccc4c12)C3(C)C. The lowest BCUT2D eigenvalue weighted by Crippen LogP contribution is -2.30. The summed E-state index contributed by atoms with van der Waals surface area (Å²) >= 11 is 0. The first-order valence-corrected chi connectivity index (χ1v) is 40.4. The summed E-state index contributed by atoms with van der Waals surface area (Å²) in [5.74, 6) is 0. The van der Waals surface area contributed by atoms with E-state index in [0.717, 1.165) is 72.1 Å². The van der Waals surface area contributed by atoms with E-state index in [0.29, 0.717) is 0 Å². The van der Waals surface area contributed by atoms with Crippen molar-refractivity contribution in [2.45, 2.75) is 87.9 Å². The Balaban J connectivity index is 0.750. The predicted molar refractivity (Wildman–Crippen MR) is 468 cm³/mol. The number of para-hydroxylation sites is 3. The highest BCUT2D eigenvalue weighted by Crippen LogP contribution is 2.68. The Kier molecular flexibility index (Phi) is 12.4. The summed E-state index contributed by atoms with van der Waals surface area (Å²) in [6.07, 6.45) is 0. The van der Waals surface area contributed by atoms with Crippen LogP contribution in [0.25, 0.3) is 133 Å². The number of furan rings is 3. The van der Waals surface area contributed by atoms with Gasteiger partial charge in [-0.2, -0.15) is 0 Å². The van der Waals surface area contributed by atoms with Gasteiger partial charge in [-0.1, -0.05) is 286 Å². The zero-order chi connectivity index (χ0) is 76.0. The molecule has 6 aliphatic rings. The zero-order valence-electron chi connectivity index (χ0n) is 64.8. The van der Waals surface area contributed by atoms with Gasteiger partial charge >= 0.3 is 0 Å². The fraction of sp³-hybridized carbons (Fsp3) is 0.127. The van der Waals surface area contributed by atoms with Crippen molar-refractivity contribution in [3.8, 4) is 66.8 Å². The quantitative estimate of drug-likeness (QED) is 0.159. The summed E-state index contributed by atoms with van der Waals surface area (Å²) in [6.45, 7) is 19.6. The van der Waals surface area contributed by atoms with Crippen LogP contribution in [0.4, 0.5) is 17.1 Å². The second-order valence-corrected chi connectivity index (χ2v) is 35.1. The molecule has 3 aromatic heterocycles. The molecule has 25 rings (SSSR count). The lowest BCUT2D eigenvalue weighted by Gasteiger charge is -2.36. The molecule has 0 bridgehead atoms. The van der Waals surface area contributed by atoms with Gasteiger partial charge in [-0.15, -0.1) is 0 Å². The summed E-state index contributed by atoms with van der Waals surface area (Å²) in [5, 5.41) is 6.98. The van der Waals surface area contributed by atoms with Crippen molar-refractivity contribution in [2.75, 3.05) is 4.90 Å². The molecular formula is C110H77NO3. The molecule has 0 spiro atoms. The van der Waals surface area contributed by atoms with Crippen LogP contribution in [0.3, 0.4) is 0 Å². The van der Waals surface area contributed by atoms with E-state index in [1.807, 2.05) is 0 Å². The van der Waals surface area contributed by atoms with Crippen molar-refractivity contribution in [3.05, 3.63) is 411 Å². The predicted octanol–water partition coefficient (Wildman–Crippen LogP) is 28.8. The highest BCUT2D eigenvalue weighted by molar-refractivity contribution is 6.22. The Morgan fingerprint density at radius 2 is 0.561 bits per heavy atom. The molecular weight excluding hydrogens is 1380 g/mol. The van der Waals surface area contributed by atoms with Crippen molar-refractivity contribution in [3.63, 3.8) is 0 Å². The third-order valence-electron chi connectivity index (χ3n) is 28.3. The Labute approximate surface area is 661 Å². The molecule has 114 heavy (non-hydrogen) atoms. The zero-order valence-corrected chi connectivity index (χ0v) is 64.8. The molecule has 0 saturated heterocycles. The van der Waals surface area contributed by atoms with Crippen molar-refractivity contribution in [1.29, 1.82) is 0 Å². The summed E-state index contributed by atoms with van der Waals surface area (Å²) in [5.41, 5.74) is 41.3. The lowest BCUT2D eigenvalue weighted by atomic mass is 9.66. The number of hydrogen-bond donors (Lipinski definition) is 0. The van der Waals surface area contributed by atoms with E-state index >= 15 is 0 Å². The number of hydrogen-bond acceptors (Lipinski definition) is 4.